The van der Waals surface area contributed by atoms with Crippen LogP contribution in [0.2, 0.25) is 0 Å². The number of benzene rings is 1. The molecule has 1 aromatic heterocycles. The molecule has 0 aliphatic carbocycles. The van der Waals surface area contributed by atoms with Crippen molar-refractivity contribution in [2.24, 2.45) is 5.73 Å². The number of nitrogens with one attached hydrogen (secondary N) is 1. The first kappa shape index (κ1) is 12.4. The Morgan fingerprint density at radius 1 is 1.58 bits per heavy atom. The van der Waals surface area contributed by atoms with Gasteiger partial charge >= 0.3 is 0 Å². The van der Waals surface area contributed by atoms with Gasteiger partial charge in [-0.15, -0.1) is 0 Å². The molecule has 6 heteroatoms. The zero-order valence-electron chi connectivity index (χ0n) is 10.8. The molecule has 0 spiro atoms. The highest BCUT2D eigenvalue weighted by atomic mass is 19.1. The van der Waals surface area contributed by atoms with Gasteiger partial charge in [-0.1, -0.05) is 0 Å². The van der Waals surface area contributed by atoms with E-state index in [1.165, 1.54) is 12.1 Å². The fourth-order valence-electron chi connectivity index (χ4n) is 2.30. The lowest BCUT2D eigenvalue weighted by atomic mass is 10.1. The molecule has 3 rings (SSSR count). The number of fused-ring (bicyclic) bond motifs is 1. The summed E-state index contributed by atoms with van der Waals surface area (Å²) in [5.74, 6) is 0.479. The summed E-state index contributed by atoms with van der Waals surface area (Å²) in [6.45, 7) is 4.01. The van der Waals surface area contributed by atoms with Crippen LogP contribution in [-0.2, 0) is 4.74 Å². The molecular weight excluding hydrogens is 247 g/mol. The van der Waals surface area contributed by atoms with E-state index < -0.39 is 0 Å². The zero-order chi connectivity index (χ0) is 13.4. The van der Waals surface area contributed by atoms with Crippen molar-refractivity contribution in [1.82, 2.24) is 9.97 Å². The summed E-state index contributed by atoms with van der Waals surface area (Å²) in [6, 6.07) is 4.52. The Morgan fingerprint density at radius 2 is 2.42 bits per heavy atom. The number of rotatable bonds is 2. The number of anilines is 1. The van der Waals surface area contributed by atoms with E-state index in [4.69, 9.17) is 10.5 Å². The molecule has 1 saturated heterocycles. The topological polar surface area (TPSA) is 67.2 Å². The van der Waals surface area contributed by atoms with Crippen molar-refractivity contribution in [1.29, 1.82) is 0 Å². The molecule has 5 nitrogen and oxygen atoms in total. The van der Waals surface area contributed by atoms with Crippen LogP contribution in [-0.4, -0.2) is 41.8 Å². The number of H-pyrrole nitrogens is 1. The Kier molecular flexibility index (Phi) is 3.12. The van der Waals surface area contributed by atoms with Gasteiger partial charge in [0.15, 0.2) is 0 Å². The van der Waals surface area contributed by atoms with E-state index in [9.17, 15) is 4.39 Å². The lowest BCUT2D eigenvalue weighted by molar-refractivity contribution is 0.0271. The summed E-state index contributed by atoms with van der Waals surface area (Å²) in [5.41, 5.74) is 7.34. The summed E-state index contributed by atoms with van der Waals surface area (Å²) in [6.07, 6.45) is -0.00121. The predicted molar refractivity (Wildman–Crippen MR) is 71.7 cm³/mol. The molecule has 0 amide bonds. The van der Waals surface area contributed by atoms with Crippen LogP contribution in [0.1, 0.15) is 6.92 Å². The molecule has 3 N–H and O–H groups in total. The number of aromatic amines is 1. The van der Waals surface area contributed by atoms with Gasteiger partial charge in [-0.25, -0.2) is 9.37 Å². The first-order valence-electron chi connectivity index (χ1n) is 6.41. The molecule has 2 atom stereocenters. The number of hydrogen-bond donors (Lipinski definition) is 2. The second kappa shape index (κ2) is 4.79. The van der Waals surface area contributed by atoms with Gasteiger partial charge < -0.3 is 20.4 Å². The Hall–Kier alpha value is -1.66. The van der Waals surface area contributed by atoms with Gasteiger partial charge in [0, 0.05) is 19.1 Å². The first-order chi connectivity index (χ1) is 9.13. The molecule has 1 aliphatic rings. The van der Waals surface area contributed by atoms with E-state index in [0.29, 0.717) is 18.7 Å². The number of imidazole rings is 1. The molecule has 102 valence electrons. The second-order valence-corrected chi connectivity index (χ2v) is 4.94. The highest BCUT2D eigenvalue weighted by Gasteiger charge is 2.25. The molecular formula is C13H17FN4O. The molecule has 0 saturated carbocycles. The number of aromatic nitrogens is 2. The maximum Gasteiger partial charge on any atom is 0.204 e. The van der Waals surface area contributed by atoms with Crippen LogP contribution in [0.15, 0.2) is 18.2 Å². The SMILES string of the molecule is CC(N)C1CN(c2nc3ccc(F)cc3[nH]2)CCO1. The van der Waals surface area contributed by atoms with Gasteiger partial charge in [0.25, 0.3) is 0 Å². The first-order valence-corrected chi connectivity index (χ1v) is 6.41. The standard InChI is InChI=1S/C13H17FN4O/c1-8(15)12-7-18(4-5-19-12)13-16-10-3-2-9(14)6-11(10)17-13/h2-3,6,8,12H,4-5,7,15H2,1H3,(H,16,17). The highest BCUT2D eigenvalue weighted by Crippen LogP contribution is 2.20. The minimum atomic E-state index is -0.266. The number of nitrogens with two attached hydrogens (primary N) is 1. The van der Waals surface area contributed by atoms with Crippen LogP contribution in [0.3, 0.4) is 0 Å². The van der Waals surface area contributed by atoms with Gasteiger partial charge in [0.2, 0.25) is 5.95 Å². The van der Waals surface area contributed by atoms with Crippen LogP contribution in [0.5, 0.6) is 0 Å². The average Bonchev–Trinajstić information content (AvgIpc) is 2.81. The van der Waals surface area contributed by atoms with Crippen LogP contribution in [0, 0.1) is 5.82 Å². The second-order valence-electron chi connectivity index (χ2n) is 4.94. The molecule has 2 heterocycles. The van der Waals surface area contributed by atoms with Crippen molar-refractivity contribution in [2.45, 2.75) is 19.1 Å². The van der Waals surface area contributed by atoms with E-state index in [0.717, 1.165) is 18.0 Å². The van der Waals surface area contributed by atoms with E-state index in [-0.39, 0.29) is 18.0 Å². The monoisotopic (exact) mass is 264 g/mol. The van der Waals surface area contributed by atoms with Crippen molar-refractivity contribution in [3.8, 4) is 0 Å². The maximum atomic E-state index is 13.2. The van der Waals surface area contributed by atoms with E-state index in [1.807, 2.05) is 6.92 Å². The Balaban J connectivity index is 1.87. The van der Waals surface area contributed by atoms with Crippen LogP contribution in [0.4, 0.5) is 10.3 Å². The third kappa shape index (κ3) is 2.41. The minimum absolute atomic E-state index is 0.00121. The Labute approximate surface area is 110 Å². The summed E-state index contributed by atoms with van der Waals surface area (Å²) in [7, 11) is 0. The van der Waals surface area contributed by atoms with Gasteiger partial charge in [0.05, 0.1) is 23.7 Å². The third-order valence-corrected chi connectivity index (χ3v) is 3.41. The summed E-state index contributed by atoms with van der Waals surface area (Å²) < 4.78 is 18.8. The largest absolute Gasteiger partial charge is 0.373 e. The normalized spacial score (nSPS) is 21.8. The molecule has 1 aromatic carbocycles. The lowest BCUT2D eigenvalue weighted by Crippen LogP contribution is -2.50. The maximum absolute atomic E-state index is 13.2. The van der Waals surface area contributed by atoms with Crippen LogP contribution < -0.4 is 10.6 Å². The lowest BCUT2D eigenvalue weighted by Gasteiger charge is -2.34. The number of hydrogen-bond acceptors (Lipinski definition) is 4. The molecule has 1 fully saturated rings. The predicted octanol–water partition coefficient (Wildman–Crippen LogP) is 1.25. The van der Waals surface area contributed by atoms with E-state index >= 15 is 0 Å². The molecule has 2 aromatic rings. The van der Waals surface area contributed by atoms with Crippen molar-refractivity contribution in [3.05, 3.63) is 24.0 Å². The van der Waals surface area contributed by atoms with Gasteiger partial charge in [0.1, 0.15) is 5.82 Å². The quantitative estimate of drug-likeness (QED) is 0.856. The summed E-state index contributed by atoms with van der Waals surface area (Å²) >= 11 is 0. The van der Waals surface area contributed by atoms with Gasteiger partial charge in [-0.2, -0.15) is 0 Å². The van der Waals surface area contributed by atoms with Crippen LogP contribution >= 0.6 is 0 Å². The molecule has 2 unspecified atom stereocenters. The fourth-order valence-corrected chi connectivity index (χ4v) is 2.30. The van der Waals surface area contributed by atoms with E-state index in [2.05, 4.69) is 14.9 Å². The number of ether oxygens (including phenoxy) is 1. The molecule has 1 aliphatic heterocycles. The molecule has 0 bridgehead atoms. The molecule has 19 heavy (non-hydrogen) atoms. The third-order valence-electron chi connectivity index (χ3n) is 3.41. The number of halogens is 1. The van der Waals surface area contributed by atoms with Crippen molar-refractivity contribution < 1.29 is 9.13 Å². The number of morpholine rings is 1. The highest BCUT2D eigenvalue weighted by molar-refractivity contribution is 5.77. The Bertz CT molecular complexity index is 583. The average molecular weight is 264 g/mol. The van der Waals surface area contributed by atoms with E-state index in [1.54, 1.807) is 6.07 Å². The van der Waals surface area contributed by atoms with Gasteiger partial charge in [-0.3, -0.25) is 0 Å². The number of nitrogens with zero attached hydrogens (tertiary/aromatic N) is 2. The minimum Gasteiger partial charge on any atom is -0.373 e. The fraction of sp³-hybridized carbons (Fsp3) is 0.462. The van der Waals surface area contributed by atoms with Gasteiger partial charge in [-0.05, 0) is 25.1 Å². The summed E-state index contributed by atoms with van der Waals surface area (Å²) in [5, 5.41) is 0. The van der Waals surface area contributed by atoms with Crippen LogP contribution in [0.25, 0.3) is 11.0 Å². The van der Waals surface area contributed by atoms with Crippen molar-refractivity contribution in [3.63, 3.8) is 0 Å². The molecule has 0 radical (unpaired) electrons. The Morgan fingerprint density at radius 3 is 3.21 bits per heavy atom. The zero-order valence-corrected chi connectivity index (χ0v) is 10.8. The summed E-state index contributed by atoms with van der Waals surface area (Å²) in [4.78, 5) is 9.72. The van der Waals surface area contributed by atoms with Crippen molar-refractivity contribution in [2.75, 3.05) is 24.6 Å². The smallest absolute Gasteiger partial charge is 0.204 e. The van der Waals surface area contributed by atoms with Crippen molar-refractivity contribution >= 4 is 17.0 Å².